The van der Waals surface area contributed by atoms with Crippen LogP contribution in [0.4, 0.5) is 4.39 Å². The van der Waals surface area contributed by atoms with Gasteiger partial charge < -0.3 is 10.5 Å². The topological polar surface area (TPSA) is 35.2 Å². The van der Waals surface area contributed by atoms with Crippen molar-refractivity contribution in [3.63, 3.8) is 0 Å². The van der Waals surface area contributed by atoms with Crippen LogP contribution in [0.25, 0.3) is 0 Å². The molecule has 1 aromatic carbocycles. The highest BCUT2D eigenvalue weighted by molar-refractivity contribution is 7.99. The summed E-state index contributed by atoms with van der Waals surface area (Å²) >= 11 is 1.99. The third-order valence-corrected chi connectivity index (χ3v) is 4.81. The molecule has 2 rings (SSSR count). The van der Waals surface area contributed by atoms with Gasteiger partial charge in [-0.1, -0.05) is 0 Å². The molecule has 0 radical (unpaired) electrons. The van der Waals surface area contributed by atoms with Gasteiger partial charge in [0.15, 0.2) is 0 Å². The number of benzene rings is 1. The number of ether oxygens (including phenoxy) is 1. The Morgan fingerprint density at radius 1 is 1.42 bits per heavy atom. The lowest BCUT2D eigenvalue weighted by atomic mass is 9.82. The van der Waals surface area contributed by atoms with Crippen LogP contribution in [0, 0.1) is 11.7 Å². The fraction of sp³-hybridized carbons (Fsp3) is 0.600. The van der Waals surface area contributed by atoms with Gasteiger partial charge >= 0.3 is 0 Å². The van der Waals surface area contributed by atoms with Gasteiger partial charge in [0.05, 0.1) is 6.61 Å². The van der Waals surface area contributed by atoms with Crippen molar-refractivity contribution in [3.8, 4) is 5.75 Å². The van der Waals surface area contributed by atoms with E-state index in [1.807, 2.05) is 18.7 Å². The predicted octanol–water partition coefficient (Wildman–Crippen LogP) is 3.41. The Morgan fingerprint density at radius 2 is 2.16 bits per heavy atom. The van der Waals surface area contributed by atoms with Crippen LogP contribution in [-0.2, 0) is 0 Å². The van der Waals surface area contributed by atoms with Crippen LogP contribution >= 0.6 is 11.8 Å². The number of hydrogen-bond donors (Lipinski definition) is 1. The van der Waals surface area contributed by atoms with Crippen LogP contribution in [0.5, 0.6) is 5.75 Å². The Kier molecular flexibility index (Phi) is 5.52. The summed E-state index contributed by atoms with van der Waals surface area (Å²) < 4.78 is 19.2. The highest BCUT2D eigenvalue weighted by atomic mass is 32.2. The molecule has 0 spiro atoms. The Labute approximate surface area is 118 Å². The zero-order valence-corrected chi connectivity index (χ0v) is 12.2. The molecule has 19 heavy (non-hydrogen) atoms. The number of rotatable bonds is 5. The van der Waals surface area contributed by atoms with Gasteiger partial charge in [-0.25, -0.2) is 4.39 Å². The highest BCUT2D eigenvalue weighted by Crippen LogP contribution is 2.38. The monoisotopic (exact) mass is 283 g/mol. The summed E-state index contributed by atoms with van der Waals surface area (Å²) in [6.07, 6.45) is 2.32. The van der Waals surface area contributed by atoms with E-state index in [9.17, 15) is 4.39 Å². The minimum absolute atomic E-state index is 0.206. The molecule has 2 nitrogen and oxygen atoms in total. The molecule has 0 aromatic heterocycles. The van der Waals surface area contributed by atoms with E-state index in [1.165, 1.54) is 17.6 Å². The van der Waals surface area contributed by atoms with Gasteiger partial charge in [0.2, 0.25) is 0 Å². The molecule has 0 bridgehead atoms. The molecule has 1 aromatic rings. The second-order valence-electron chi connectivity index (χ2n) is 4.91. The van der Waals surface area contributed by atoms with E-state index in [0.717, 1.165) is 24.2 Å². The molecule has 1 heterocycles. The van der Waals surface area contributed by atoms with Crippen molar-refractivity contribution in [3.05, 3.63) is 29.6 Å². The normalized spacial score (nSPS) is 18.3. The maximum Gasteiger partial charge on any atom is 0.123 e. The van der Waals surface area contributed by atoms with Gasteiger partial charge in [-0.3, -0.25) is 0 Å². The van der Waals surface area contributed by atoms with Crippen molar-refractivity contribution < 1.29 is 9.13 Å². The smallest absolute Gasteiger partial charge is 0.123 e. The summed E-state index contributed by atoms with van der Waals surface area (Å²) in [5.74, 6) is 3.70. The molecule has 4 heteroatoms. The lowest BCUT2D eigenvalue weighted by molar-refractivity contribution is 0.322. The maximum atomic E-state index is 13.6. The molecular weight excluding hydrogens is 261 g/mol. The quantitative estimate of drug-likeness (QED) is 0.899. The first-order valence-electron chi connectivity index (χ1n) is 6.96. The van der Waals surface area contributed by atoms with E-state index in [1.54, 1.807) is 12.1 Å². The Balaban J connectivity index is 2.27. The summed E-state index contributed by atoms with van der Waals surface area (Å²) in [5, 5.41) is 0. The first-order valence-corrected chi connectivity index (χ1v) is 8.11. The number of nitrogens with two attached hydrogens (primary N) is 1. The van der Waals surface area contributed by atoms with Crippen LogP contribution < -0.4 is 10.5 Å². The lowest BCUT2D eigenvalue weighted by Crippen LogP contribution is -2.25. The predicted molar refractivity (Wildman–Crippen MR) is 79.4 cm³/mol. The van der Waals surface area contributed by atoms with Crippen molar-refractivity contribution in [2.24, 2.45) is 11.7 Å². The molecule has 1 atom stereocenters. The van der Waals surface area contributed by atoms with Crippen LogP contribution in [0.3, 0.4) is 0 Å². The maximum absolute atomic E-state index is 13.6. The third-order valence-electron chi connectivity index (χ3n) is 3.76. The third kappa shape index (κ3) is 3.63. The standard InChI is InChI=1S/C15H22FNOS/c1-2-18-15-4-3-12(16)9-13(15)14(10-17)11-5-7-19-8-6-11/h3-4,9,11,14H,2,5-8,10,17H2,1H3. The van der Waals surface area contributed by atoms with Gasteiger partial charge in [0, 0.05) is 11.5 Å². The molecule has 1 unspecified atom stereocenters. The van der Waals surface area contributed by atoms with Crippen molar-refractivity contribution >= 4 is 11.8 Å². The second kappa shape index (κ2) is 7.15. The van der Waals surface area contributed by atoms with Gasteiger partial charge in [-0.2, -0.15) is 11.8 Å². The summed E-state index contributed by atoms with van der Waals surface area (Å²) in [6, 6.07) is 4.79. The molecule has 0 saturated carbocycles. The molecule has 0 amide bonds. The van der Waals surface area contributed by atoms with Gasteiger partial charge in [-0.15, -0.1) is 0 Å². The molecule has 0 aliphatic carbocycles. The second-order valence-corrected chi connectivity index (χ2v) is 6.13. The van der Waals surface area contributed by atoms with E-state index in [4.69, 9.17) is 10.5 Å². The summed E-state index contributed by atoms with van der Waals surface area (Å²) in [6.45, 7) is 3.09. The van der Waals surface area contributed by atoms with Crippen molar-refractivity contribution in [2.45, 2.75) is 25.7 Å². The first kappa shape index (κ1) is 14.7. The van der Waals surface area contributed by atoms with Crippen LogP contribution in [0.1, 0.15) is 31.2 Å². The summed E-state index contributed by atoms with van der Waals surface area (Å²) in [5.41, 5.74) is 6.91. The van der Waals surface area contributed by atoms with Crippen molar-refractivity contribution in [1.29, 1.82) is 0 Å². The molecule has 1 saturated heterocycles. The zero-order valence-electron chi connectivity index (χ0n) is 11.4. The summed E-state index contributed by atoms with van der Waals surface area (Å²) in [4.78, 5) is 0. The van der Waals surface area contributed by atoms with E-state index >= 15 is 0 Å². The summed E-state index contributed by atoms with van der Waals surface area (Å²) in [7, 11) is 0. The average molecular weight is 283 g/mol. The molecule has 106 valence electrons. The Hall–Kier alpha value is -0.740. The zero-order chi connectivity index (χ0) is 13.7. The van der Waals surface area contributed by atoms with Gasteiger partial charge in [-0.05, 0) is 61.9 Å². The van der Waals surface area contributed by atoms with Gasteiger partial charge in [0.1, 0.15) is 11.6 Å². The van der Waals surface area contributed by atoms with E-state index < -0.39 is 0 Å². The lowest BCUT2D eigenvalue weighted by Gasteiger charge is -2.30. The minimum atomic E-state index is -0.206. The first-order chi connectivity index (χ1) is 9.26. The molecule has 2 N–H and O–H groups in total. The van der Waals surface area contributed by atoms with E-state index in [2.05, 4.69) is 0 Å². The minimum Gasteiger partial charge on any atom is -0.494 e. The number of halogens is 1. The fourth-order valence-electron chi connectivity index (χ4n) is 2.79. The van der Waals surface area contributed by atoms with Crippen LogP contribution in [-0.4, -0.2) is 24.7 Å². The van der Waals surface area contributed by atoms with Crippen LogP contribution in [0.15, 0.2) is 18.2 Å². The van der Waals surface area contributed by atoms with E-state index in [-0.39, 0.29) is 11.7 Å². The molecule has 1 fully saturated rings. The van der Waals surface area contributed by atoms with E-state index in [0.29, 0.717) is 19.1 Å². The number of hydrogen-bond acceptors (Lipinski definition) is 3. The van der Waals surface area contributed by atoms with Crippen molar-refractivity contribution in [1.82, 2.24) is 0 Å². The average Bonchev–Trinajstić information content (AvgIpc) is 2.44. The van der Waals surface area contributed by atoms with Crippen LogP contribution in [0.2, 0.25) is 0 Å². The van der Waals surface area contributed by atoms with Gasteiger partial charge in [0.25, 0.3) is 0 Å². The molecule has 1 aliphatic rings. The SMILES string of the molecule is CCOc1ccc(F)cc1C(CN)C1CCSCC1. The number of thioether (sulfide) groups is 1. The van der Waals surface area contributed by atoms with Crippen molar-refractivity contribution in [2.75, 3.05) is 24.7 Å². The molecule has 1 aliphatic heterocycles. The Morgan fingerprint density at radius 3 is 2.79 bits per heavy atom. The molecular formula is C15H22FNOS. The largest absolute Gasteiger partial charge is 0.494 e. The fourth-order valence-corrected chi connectivity index (χ4v) is 3.93. The Bertz CT molecular complexity index is 407. The highest BCUT2D eigenvalue weighted by Gasteiger charge is 2.26.